The molecule has 1 fully saturated rings. The Morgan fingerprint density at radius 1 is 1.03 bits per heavy atom. The van der Waals surface area contributed by atoms with Gasteiger partial charge in [0.1, 0.15) is 11.1 Å². The summed E-state index contributed by atoms with van der Waals surface area (Å²) in [5.74, 6) is 0.386. The van der Waals surface area contributed by atoms with Crippen LogP contribution in [0.1, 0.15) is 33.8 Å². The quantitative estimate of drug-likeness (QED) is 0.454. The molecule has 4 aromatic rings. The average Bonchev–Trinajstić information content (AvgIpc) is 3.31. The Labute approximate surface area is 195 Å². The molecule has 0 atom stereocenters. The van der Waals surface area contributed by atoms with Crippen molar-refractivity contribution in [3.05, 3.63) is 76.3 Å². The van der Waals surface area contributed by atoms with E-state index in [-0.39, 0.29) is 17.4 Å². The van der Waals surface area contributed by atoms with Gasteiger partial charge in [-0.05, 0) is 43.0 Å². The molecule has 174 valence electrons. The SMILES string of the molecule is COc1cccc2cc(C(=O)NCC3CCN(C(=O)c4cc5ccccc5o4)CC3)c(=O)oc12. The standard InChI is InChI=1S/C26H24N2O6/c1-32-21-8-4-6-18-13-19(26(31)34-23(18)21)24(29)27-15-16-9-11-28(12-10-16)25(30)22-14-17-5-2-3-7-20(17)33-22/h2-8,13-14,16H,9-12,15H2,1H3,(H,27,29). The van der Waals surface area contributed by atoms with Crippen LogP contribution in [-0.2, 0) is 0 Å². The minimum absolute atomic E-state index is 0.0433. The smallest absolute Gasteiger partial charge is 0.349 e. The number of rotatable bonds is 5. The predicted octanol–water partition coefficient (Wildman–Crippen LogP) is 3.83. The lowest BCUT2D eigenvalue weighted by atomic mass is 9.96. The Hall–Kier alpha value is -4.07. The molecule has 0 saturated carbocycles. The third-order valence-corrected chi connectivity index (χ3v) is 6.28. The van der Waals surface area contributed by atoms with Gasteiger partial charge in [-0.15, -0.1) is 0 Å². The van der Waals surface area contributed by atoms with Gasteiger partial charge in [0.25, 0.3) is 11.8 Å². The van der Waals surface area contributed by atoms with Crippen LogP contribution in [-0.4, -0.2) is 43.5 Å². The van der Waals surface area contributed by atoms with E-state index in [0.717, 1.165) is 18.2 Å². The number of carbonyl (C=O) groups is 2. The van der Waals surface area contributed by atoms with Gasteiger partial charge in [0.05, 0.1) is 7.11 Å². The van der Waals surface area contributed by atoms with Gasteiger partial charge in [-0.25, -0.2) is 4.79 Å². The molecule has 0 spiro atoms. The van der Waals surface area contributed by atoms with Gasteiger partial charge in [-0.2, -0.15) is 0 Å². The molecule has 2 aromatic heterocycles. The van der Waals surface area contributed by atoms with Crippen LogP contribution in [0.15, 0.2) is 68.2 Å². The summed E-state index contributed by atoms with van der Waals surface area (Å²) in [7, 11) is 1.49. The van der Waals surface area contributed by atoms with Gasteiger partial charge in [0, 0.05) is 30.4 Å². The predicted molar refractivity (Wildman–Crippen MR) is 126 cm³/mol. The third kappa shape index (κ3) is 4.14. The molecule has 8 nitrogen and oxygen atoms in total. The molecular weight excluding hydrogens is 436 g/mol. The lowest BCUT2D eigenvalue weighted by molar-refractivity contribution is 0.0655. The number of furan rings is 1. The van der Waals surface area contributed by atoms with Crippen LogP contribution in [0.25, 0.3) is 21.9 Å². The summed E-state index contributed by atoms with van der Waals surface area (Å²) in [6.07, 6.45) is 1.49. The van der Waals surface area contributed by atoms with E-state index in [0.29, 0.717) is 47.7 Å². The Bertz CT molecular complexity index is 1400. The number of fused-ring (bicyclic) bond motifs is 2. The van der Waals surface area contributed by atoms with E-state index in [1.807, 2.05) is 24.3 Å². The van der Waals surface area contributed by atoms with Gasteiger partial charge in [-0.3, -0.25) is 9.59 Å². The molecule has 8 heteroatoms. The van der Waals surface area contributed by atoms with E-state index in [1.54, 1.807) is 29.2 Å². The summed E-state index contributed by atoms with van der Waals surface area (Å²) in [6, 6.07) is 16.0. The van der Waals surface area contributed by atoms with Crippen LogP contribution in [0.3, 0.4) is 0 Å². The van der Waals surface area contributed by atoms with Crippen molar-refractivity contribution < 1.29 is 23.2 Å². The Morgan fingerprint density at radius 3 is 2.56 bits per heavy atom. The zero-order valence-electron chi connectivity index (χ0n) is 18.7. The number of likely N-dealkylation sites (tertiary alicyclic amines) is 1. The number of nitrogens with one attached hydrogen (secondary N) is 1. The minimum Gasteiger partial charge on any atom is -0.493 e. The normalized spacial score (nSPS) is 14.4. The summed E-state index contributed by atoms with van der Waals surface area (Å²) in [6.45, 7) is 1.57. The fraction of sp³-hybridized carbons (Fsp3) is 0.269. The zero-order valence-corrected chi connectivity index (χ0v) is 18.7. The first kappa shape index (κ1) is 21.8. The number of nitrogens with zero attached hydrogens (tertiary/aromatic N) is 1. The topological polar surface area (TPSA) is 102 Å². The maximum absolute atomic E-state index is 12.8. The molecule has 1 aliphatic rings. The number of amides is 2. The van der Waals surface area contributed by atoms with Crippen LogP contribution in [0.5, 0.6) is 5.75 Å². The largest absolute Gasteiger partial charge is 0.493 e. The Morgan fingerprint density at radius 2 is 1.79 bits per heavy atom. The molecular formula is C26H24N2O6. The molecule has 3 heterocycles. The van der Waals surface area contributed by atoms with Crippen LogP contribution < -0.4 is 15.7 Å². The van der Waals surface area contributed by atoms with E-state index in [9.17, 15) is 14.4 Å². The molecule has 2 aromatic carbocycles. The van der Waals surface area contributed by atoms with Gasteiger partial charge >= 0.3 is 5.63 Å². The first-order chi connectivity index (χ1) is 16.5. The van der Waals surface area contributed by atoms with Crippen molar-refractivity contribution in [2.75, 3.05) is 26.7 Å². The van der Waals surface area contributed by atoms with Crippen molar-refractivity contribution in [2.45, 2.75) is 12.8 Å². The van der Waals surface area contributed by atoms with Gasteiger partial charge in [0.15, 0.2) is 17.1 Å². The van der Waals surface area contributed by atoms with Crippen molar-refractivity contribution >= 4 is 33.8 Å². The number of hydrogen-bond donors (Lipinski definition) is 1. The number of para-hydroxylation sites is 2. The molecule has 34 heavy (non-hydrogen) atoms. The lowest BCUT2D eigenvalue weighted by Gasteiger charge is -2.31. The highest BCUT2D eigenvalue weighted by atomic mass is 16.5. The molecule has 1 aliphatic heterocycles. The van der Waals surface area contributed by atoms with E-state index in [2.05, 4.69) is 5.32 Å². The molecule has 0 aliphatic carbocycles. The monoisotopic (exact) mass is 460 g/mol. The van der Waals surface area contributed by atoms with Crippen LogP contribution in [0, 0.1) is 5.92 Å². The molecule has 2 amide bonds. The number of benzene rings is 2. The Balaban J connectivity index is 1.18. The number of ether oxygens (including phenoxy) is 1. The highest BCUT2D eigenvalue weighted by Crippen LogP contribution is 2.25. The summed E-state index contributed by atoms with van der Waals surface area (Å²) < 4.78 is 16.2. The molecule has 1 N–H and O–H groups in total. The average molecular weight is 460 g/mol. The second kappa shape index (κ2) is 9.05. The first-order valence-electron chi connectivity index (χ1n) is 11.2. The lowest BCUT2D eigenvalue weighted by Crippen LogP contribution is -2.41. The zero-order chi connectivity index (χ0) is 23.7. The van der Waals surface area contributed by atoms with Crippen molar-refractivity contribution in [3.63, 3.8) is 0 Å². The van der Waals surface area contributed by atoms with Gasteiger partial charge in [0.2, 0.25) is 0 Å². The van der Waals surface area contributed by atoms with Crippen molar-refractivity contribution in [1.29, 1.82) is 0 Å². The highest BCUT2D eigenvalue weighted by Gasteiger charge is 2.26. The van der Waals surface area contributed by atoms with Crippen molar-refractivity contribution in [3.8, 4) is 5.75 Å². The van der Waals surface area contributed by atoms with E-state index in [1.165, 1.54) is 13.2 Å². The number of carbonyl (C=O) groups excluding carboxylic acids is 2. The molecule has 1 saturated heterocycles. The molecule has 0 unspecified atom stereocenters. The summed E-state index contributed by atoms with van der Waals surface area (Å²) in [5.41, 5.74) is 0.257. The number of piperidine rings is 1. The fourth-order valence-electron chi connectivity index (χ4n) is 4.35. The molecule has 5 rings (SSSR count). The summed E-state index contributed by atoms with van der Waals surface area (Å²) in [4.78, 5) is 39.6. The van der Waals surface area contributed by atoms with Crippen LogP contribution >= 0.6 is 0 Å². The van der Waals surface area contributed by atoms with E-state index < -0.39 is 11.5 Å². The maximum Gasteiger partial charge on any atom is 0.349 e. The van der Waals surface area contributed by atoms with Crippen molar-refractivity contribution in [2.24, 2.45) is 5.92 Å². The fourth-order valence-corrected chi connectivity index (χ4v) is 4.35. The molecule has 0 radical (unpaired) electrons. The molecule has 0 bridgehead atoms. The van der Waals surface area contributed by atoms with E-state index in [4.69, 9.17) is 13.6 Å². The van der Waals surface area contributed by atoms with Crippen LogP contribution in [0.2, 0.25) is 0 Å². The van der Waals surface area contributed by atoms with Gasteiger partial charge in [-0.1, -0.05) is 30.3 Å². The number of methoxy groups -OCH3 is 1. The van der Waals surface area contributed by atoms with Crippen LogP contribution in [0.4, 0.5) is 0 Å². The second-order valence-corrected chi connectivity index (χ2v) is 8.42. The summed E-state index contributed by atoms with van der Waals surface area (Å²) in [5, 5.41) is 4.36. The highest BCUT2D eigenvalue weighted by molar-refractivity contribution is 5.97. The third-order valence-electron chi connectivity index (χ3n) is 6.28. The second-order valence-electron chi connectivity index (χ2n) is 8.42. The Kier molecular flexibility index (Phi) is 5.79. The van der Waals surface area contributed by atoms with Gasteiger partial charge < -0.3 is 23.8 Å². The number of hydrogen-bond acceptors (Lipinski definition) is 6. The van der Waals surface area contributed by atoms with E-state index >= 15 is 0 Å². The maximum atomic E-state index is 12.8. The first-order valence-corrected chi connectivity index (χ1v) is 11.2. The minimum atomic E-state index is -0.708. The summed E-state index contributed by atoms with van der Waals surface area (Å²) >= 11 is 0. The van der Waals surface area contributed by atoms with Crippen molar-refractivity contribution in [1.82, 2.24) is 10.2 Å².